The van der Waals surface area contributed by atoms with E-state index in [1.54, 1.807) is 12.1 Å². The molecule has 5 heteroatoms. The van der Waals surface area contributed by atoms with Crippen LogP contribution in [0, 0.1) is 20.6 Å². The van der Waals surface area contributed by atoms with E-state index in [4.69, 9.17) is 4.74 Å². The van der Waals surface area contributed by atoms with Crippen LogP contribution in [0.25, 0.3) is 0 Å². The minimum atomic E-state index is -0.420. The number of hydrogen-bond donors (Lipinski definition) is 0. The number of hydrogen-bond acceptors (Lipinski definition) is 3. The molecule has 0 spiro atoms. The lowest BCUT2D eigenvalue weighted by atomic mass is 10.2. The van der Waals surface area contributed by atoms with E-state index < -0.39 is 4.92 Å². The van der Waals surface area contributed by atoms with Gasteiger partial charge in [0.05, 0.1) is 4.92 Å². The van der Waals surface area contributed by atoms with Crippen LogP contribution in [0.2, 0.25) is 0 Å². The van der Waals surface area contributed by atoms with Crippen LogP contribution < -0.4 is 4.74 Å². The largest absolute Gasteiger partial charge is 0.482 e. The van der Waals surface area contributed by atoms with Crippen molar-refractivity contribution >= 4 is 28.3 Å². The zero-order valence-electron chi connectivity index (χ0n) is 10.3. The van der Waals surface area contributed by atoms with Gasteiger partial charge >= 0.3 is 5.69 Å². The number of halogens is 1. The standard InChI is InChI=1S/C14H12INO3/c1-10-2-7-14(13(8-10)16(17)18)19-9-11-3-5-12(15)6-4-11/h2-8H,9H2,1H3. The van der Waals surface area contributed by atoms with Gasteiger partial charge in [0.2, 0.25) is 0 Å². The second kappa shape index (κ2) is 6.01. The summed E-state index contributed by atoms with van der Waals surface area (Å²) < 4.78 is 6.68. The Bertz CT molecular complexity index is 596. The Labute approximate surface area is 124 Å². The topological polar surface area (TPSA) is 52.4 Å². The van der Waals surface area contributed by atoms with Gasteiger partial charge in [0.1, 0.15) is 6.61 Å². The lowest BCUT2D eigenvalue weighted by molar-refractivity contribution is -0.386. The van der Waals surface area contributed by atoms with Gasteiger partial charge in [-0.3, -0.25) is 10.1 Å². The predicted octanol–water partition coefficient (Wildman–Crippen LogP) is 4.09. The van der Waals surface area contributed by atoms with Gasteiger partial charge in [0.25, 0.3) is 0 Å². The van der Waals surface area contributed by atoms with E-state index in [0.717, 1.165) is 14.7 Å². The fourth-order valence-electron chi connectivity index (χ4n) is 1.63. The minimum Gasteiger partial charge on any atom is -0.482 e. The van der Waals surface area contributed by atoms with Gasteiger partial charge in [-0.05, 0) is 58.8 Å². The van der Waals surface area contributed by atoms with Crippen molar-refractivity contribution in [1.82, 2.24) is 0 Å². The summed E-state index contributed by atoms with van der Waals surface area (Å²) in [6, 6.07) is 12.8. The van der Waals surface area contributed by atoms with Crippen molar-refractivity contribution in [3.05, 3.63) is 67.3 Å². The first kappa shape index (κ1) is 13.8. The fraction of sp³-hybridized carbons (Fsp3) is 0.143. The van der Waals surface area contributed by atoms with Gasteiger partial charge in [-0.15, -0.1) is 0 Å². The van der Waals surface area contributed by atoms with Crippen LogP contribution in [-0.4, -0.2) is 4.92 Å². The molecule has 0 bridgehead atoms. The molecule has 0 amide bonds. The highest BCUT2D eigenvalue weighted by molar-refractivity contribution is 14.1. The monoisotopic (exact) mass is 369 g/mol. The summed E-state index contributed by atoms with van der Waals surface area (Å²) in [5.41, 5.74) is 1.83. The Kier molecular flexibility index (Phi) is 4.36. The van der Waals surface area contributed by atoms with Gasteiger partial charge in [-0.1, -0.05) is 18.2 Å². The van der Waals surface area contributed by atoms with E-state index in [1.165, 1.54) is 6.07 Å². The molecule has 0 atom stereocenters. The number of nitro benzene ring substituents is 1. The Morgan fingerprint density at radius 1 is 1.21 bits per heavy atom. The van der Waals surface area contributed by atoms with Crippen LogP contribution in [0.5, 0.6) is 5.75 Å². The second-order valence-electron chi connectivity index (χ2n) is 4.14. The first-order valence-corrected chi connectivity index (χ1v) is 6.76. The van der Waals surface area contributed by atoms with E-state index in [0.29, 0.717) is 12.4 Å². The van der Waals surface area contributed by atoms with Crippen molar-refractivity contribution in [3.63, 3.8) is 0 Å². The fourth-order valence-corrected chi connectivity index (χ4v) is 1.99. The molecule has 0 saturated carbocycles. The van der Waals surface area contributed by atoms with Gasteiger partial charge in [0.15, 0.2) is 5.75 Å². The summed E-state index contributed by atoms with van der Waals surface area (Å²) >= 11 is 2.22. The average molecular weight is 369 g/mol. The van der Waals surface area contributed by atoms with Crippen LogP contribution in [0.4, 0.5) is 5.69 Å². The maximum atomic E-state index is 11.0. The molecular formula is C14H12INO3. The van der Waals surface area contributed by atoms with Crippen LogP contribution >= 0.6 is 22.6 Å². The molecule has 2 aromatic carbocycles. The lowest BCUT2D eigenvalue weighted by Crippen LogP contribution is -1.99. The van der Waals surface area contributed by atoms with Crippen molar-refractivity contribution in [2.45, 2.75) is 13.5 Å². The molecule has 0 fully saturated rings. The molecule has 0 aliphatic rings. The first-order valence-electron chi connectivity index (χ1n) is 5.68. The Hall–Kier alpha value is -1.63. The quantitative estimate of drug-likeness (QED) is 0.464. The predicted molar refractivity (Wildman–Crippen MR) is 81.3 cm³/mol. The summed E-state index contributed by atoms with van der Waals surface area (Å²) in [6.45, 7) is 2.14. The van der Waals surface area contributed by atoms with Gasteiger partial charge in [0, 0.05) is 9.64 Å². The number of ether oxygens (including phenoxy) is 1. The molecule has 4 nitrogen and oxygen atoms in total. The van der Waals surface area contributed by atoms with Crippen molar-refractivity contribution in [3.8, 4) is 5.75 Å². The molecule has 19 heavy (non-hydrogen) atoms. The van der Waals surface area contributed by atoms with Gasteiger partial charge in [-0.25, -0.2) is 0 Å². The van der Waals surface area contributed by atoms with Crippen molar-refractivity contribution in [2.24, 2.45) is 0 Å². The molecule has 0 unspecified atom stereocenters. The van der Waals surface area contributed by atoms with Gasteiger partial charge < -0.3 is 4.74 Å². The molecule has 0 heterocycles. The lowest BCUT2D eigenvalue weighted by Gasteiger charge is -2.07. The average Bonchev–Trinajstić information content (AvgIpc) is 2.39. The van der Waals surface area contributed by atoms with Crippen molar-refractivity contribution < 1.29 is 9.66 Å². The number of benzene rings is 2. The van der Waals surface area contributed by atoms with Crippen molar-refractivity contribution in [2.75, 3.05) is 0 Å². The van der Waals surface area contributed by atoms with E-state index >= 15 is 0 Å². The van der Waals surface area contributed by atoms with E-state index in [9.17, 15) is 10.1 Å². The summed E-state index contributed by atoms with van der Waals surface area (Å²) in [5.74, 6) is 0.300. The normalized spacial score (nSPS) is 10.2. The summed E-state index contributed by atoms with van der Waals surface area (Å²) in [7, 11) is 0. The van der Waals surface area contributed by atoms with Crippen LogP contribution in [0.15, 0.2) is 42.5 Å². The summed E-state index contributed by atoms with van der Waals surface area (Å²) in [5, 5.41) is 11.0. The molecule has 0 aliphatic heterocycles. The highest BCUT2D eigenvalue weighted by Gasteiger charge is 2.14. The maximum absolute atomic E-state index is 11.0. The number of nitro groups is 1. The summed E-state index contributed by atoms with van der Waals surface area (Å²) in [6.07, 6.45) is 0. The van der Waals surface area contributed by atoms with Crippen LogP contribution in [-0.2, 0) is 6.61 Å². The molecule has 0 aliphatic carbocycles. The smallest absolute Gasteiger partial charge is 0.311 e. The third kappa shape index (κ3) is 3.66. The van der Waals surface area contributed by atoms with E-state index in [2.05, 4.69) is 22.6 Å². The van der Waals surface area contributed by atoms with Gasteiger partial charge in [-0.2, -0.15) is 0 Å². The van der Waals surface area contributed by atoms with Crippen LogP contribution in [0.3, 0.4) is 0 Å². The minimum absolute atomic E-state index is 0.00510. The molecule has 0 aromatic heterocycles. The molecular weight excluding hydrogens is 357 g/mol. The second-order valence-corrected chi connectivity index (χ2v) is 5.39. The Balaban J connectivity index is 2.15. The Morgan fingerprint density at radius 3 is 2.53 bits per heavy atom. The number of aryl methyl sites for hydroxylation is 1. The SMILES string of the molecule is Cc1ccc(OCc2ccc(I)cc2)c([N+](=O)[O-])c1. The van der Waals surface area contributed by atoms with E-state index in [1.807, 2.05) is 31.2 Å². The highest BCUT2D eigenvalue weighted by Crippen LogP contribution is 2.28. The Morgan fingerprint density at radius 2 is 1.89 bits per heavy atom. The molecule has 98 valence electrons. The third-order valence-corrected chi connectivity index (χ3v) is 3.34. The van der Waals surface area contributed by atoms with Crippen LogP contribution in [0.1, 0.15) is 11.1 Å². The molecule has 0 radical (unpaired) electrons. The highest BCUT2D eigenvalue weighted by atomic mass is 127. The summed E-state index contributed by atoms with van der Waals surface area (Å²) in [4.78, 5) is 10.5. The number of nitrogens with zero attached hydrogens (tertiary/aromatic N) is 1. The molecule has 2 aromatic rings. The zero-order chi connectivity index (χ0) is 13.8. The zero-order valence-corrected chi connectivity index (χ0v) is 12.5. The molecule has 0 saturated heterocycles. The maximum Gasteiger partial charge on any atom is 0.311 e. The molecule has 0 N–H and O–H groups in total. The van der Waals surface area contributed by atoms with E-state index in [-0.39, 0.29) is 5.69 Å². The number of rotatable bonds is 4. The molecule has 2 rings (SSSR count). The third-order valence-electron chi connectivity index (χ3n) is 2.62. The van der Waals surface area contributed by atoms with Crippen molar-refractivity contribution in [1.29, 1.82) is 0 Å². The first-order chi connectivity index (χ1) is 9.06.